The second-order valence-corrected chi connectivity index (χ2v) is 50.2. The molecule has 0 radical (unpaired) electrons. The predicted octanol–water partition coefficient (Wildman–Crippen LogP) is 27.8. The topological polar surface area (TPSA) is 34.1 Å². The number of halogens is 2. The third kappa shape index (κ3) is 15.0. The van der Waals surface area contributed by atoms with Gasteiger partial charge in [-0.2, -0.15) is 0 Å². The zero-order valence-corrected chi connectivity index (χ0v) is 76.9. The molecule has 10 aliphatic carbocycles. The third-order valence-electron chi connectivity index (χ3n) is 27.2. The van der Waals surface area contributed by atoms with E-state index in [1.165, 1.54) is 199 Å². The van der Waals surface area contributed by atoms with Gasteiger partial charge in [0.25, 0.3) is 0 Å². The zero-order valence-electron chi connectivity index (χ0n) is 72.0. The van der Waals surface area contributed by atoms with E-state index in [1.54, 1.807) is 0 Å². The summed E-state index contributed by atoms with van der Waals surface area (Å²) in [7, 11) is 0. The molecule has 10 aliphatic rings. The first-order valence-corrected chi connectivity index (χ1v) is 49.1. The van der Waals surface area contributed by atoms with Gasteiger partial charge < -0.3 is 0 Å². The third-order valence-corrected chi connectivity index (χ3v) is 46.2. The standard InChI is InChI=1S/C48H46Br2P2.C48H56.C12H14O2/c1-37-38(2)48(36-52(50,44-29-17-8-18-30-44,45-31-19-9-20-32-45)46-33-21-10-22-34-46)40(4)39(3)47(37)35-51(49,41-23-11-5-12-24-41,42-25-13-6-14-26-42)43-27-15-7-16-28-43;1-25-26(2)42-19-20-44-33(9)35(11)46(36(12)34(44)10)23-24-48-39(15)37(13)47(38(14)40(48)16)22-21-45-31(7)29(5)43(30(6)32(45)8)18-17-41(25)27(3)28(42)4;1-7-8(2)12(6-14)10(4)9(3)11(7)5-13/h5-34H,35-36H2,1-4H3;17-24H,1-16H3;5-6H,1-4H3/b;18-17-,20-19-,22-21-,24-23?,41-17?,42-19?,43-18?,44-20?,45-21?,46-23?,47-22?,48-24?;. The first-order chi connectivity index (χ1) is 54.1. The van der Waals surface area contributed by atoms with Crippen molar-refractivity contribution < 1.29 is 9.59 Å². The number of benzene rings is 12. The fourth-order valence-electron chi connectivity index (χ4n) is 18.3. The van der Waals surface area contributed by atoms with Crippen LogP contribution in [-0.4, -0.2) is 12.6 Å². The summed E-state index contributed by atoms with van der Waals surface area (Å²) in [6, 6.07) is 67.1. The molecule has 0 spiro atoms. The molecule has 0 saturated heterocycles. The van der Waals surface area contributed by atoms with Crippen molar-refractivity contribution in [2.45, 2.75) is 178 Å². The van der Waals surface area contributed by atoms with E-state index < -0.39 is 10.6 Å². The van der Waals surface area contributed by atoms with E-state index >= 15 is 0 Å². The van der Waals surface area contributed by atoms with Gasteiger partial charge in [0, 0.05) is 11.1 Å². The van der Waals surface area contributed by atoms with Crippen LogP contribution < -0.4 is 31.8 Å². The molecule has 12 aromatic rings. The molecule has 114 heavy (non-hydrogen) atoms. The van der Waals surface area contributed by atoms with E-state index in [1.807, 2.05) is 27.7 Å². The number of rotatable bonds is 12. The van der Waals surface area contributed by atoms with Gasteiger partial charge in [0.2, 0.25) is 0 Å². The molecule has 0 saturated carbocycles. The van der Waals surface area contributed by atoms with Crippen molar-refractivity contribution in [2.24, 2.45) is 0 Å². The fraction of sp³-hybridized carbons (Fsp3) is 0.241. The van der Waals surface area contributed by atoms with Gasteiger partial charge in [0.15, 0.2) is 12.6 Å². The first-order valence-electron chi connectivity index (χ1n) is 40.2. The van der Waals surface area contributed by atoms with Crippen LogP contribution in [0.15, 0.2) is 182 Å². The maximum absolute atomic E-state index is 10.9. The Morgan fingerprint density at radius 2 is 0.316 bits per heavy atom. The van der Waals surface area contributed by atoms with Crippen molar-refractivity contribution in [2.75, 3.05) is 0 Å². The van der Waals surface area contributed by atoms with Crippen LogP contribution in [0.4, 0.5) is 0 Å². The summed E-state index contributed by atoms with van der Waals surface area (Å²) in [5.41, 5.74) is 45.8. The molecule has 8 bridgehead atoms. The normalized spacial score (nSPS) is 13.5. The molecule has 2 nitrogen and oxygen atoms in total. The van der Waals surface area contributed by atoms with Crippen LogP contribution in [0.3, 0.4) is 0 Å². The van der Waals surface area contributed by atoms with Gasteiger partial charge in [0.1, 0.15) is 0 Å². The van der Waals surface area contributed by atoms with Crippen LogP contribution in [0.1, 0.15) is 210 Å². The maximum atomic E-state index is 10.9. The summed E-state index contributed by atoms with van der Waals surface area (Å²) in [5.74, 6) is 0. The van der Waals surface area contributed by atoms with E-state index in [9.17, 15) is 9.59 Å². The molecular formula is C108H116Br2O2P2. The zero-order chi connectivity index (χ0) is 82.8. The Bertz CT molecular complexity index is 4840. The molecule has 0 aromatic heterocycles. The summed E-state index contributed by atoms with van der Waals surface area (Å²) in [6.45, 7) is 53.6. The summed E-state index contributed by atoms with van der Waals surface area (Å²) in [6.07, 6.45) is 22.4. The van der Waals surface area contributed by atoms with Gasteiger partial charge in [0.05, 0.1) is 0 Å². The number of carbonyl (C=O) groups excluding carboxylic acids is 2. The minimum Gasteiger partial charge on any atom is -0.0538 e. The molecule has 22 rings (SSSR count). The second kappa shape index (κ2) is 34.3. The summed E-state index contributed by atoms with van der Waals surface area (Å²) < 4.78 is 0. The number of hydrogen-bond acceptors (Lipinski definition) is 2. The van der Waals surface area contributed by atoms with Crippen molar-refractivity contribution in [3.8, 4) is 0 Å². The van der Waals surface area contributed by atoms with Crippen LogP contribution in [0, 0.1) is 166 Å². The van der Waals surface area contributed by atoms with Gasteiger partial charge in [-0.05, 0) is 294 Å². The van der Waals surface area contributed by atoms with E-state index in [0.29, 0.717) is 11.1 Å². The molecule has 0 amide bonds. The van der Waals surface area contributed by atoms with Crippen molar-refractivity contribution >= 4 is 135 Å². The van der Waals surface area contributed by atoms with Crippen molar-refractivity contribution in [3.05, 3.63) is 382 Å². The number of aldehydes is 2. The Balaban J connectivity index is 0.000000193. The van der Waals surface area contributed by atoms with Crippen LogP contribution in [0.5, 0.6) is 0 Å². The van der Waals surface area contributed by atoms with E-state index in [4.69, 9.17) is 31.0 Å². The van der Waals surface area contributed by atoms with Gasteiger partial charge in [-0.1, -0.05) is 48.6 Å². The SMILES string of the molecule is Cc1c(C)c(C=O)c(C)c(C)c1C=O.Cc1c(C)c(CP(Br)(c2ccccc2)(c2ccccc2)c2ccccc2)c(C)c(C)c1CP(Br)(c1ccccc1)(c1ccccc1)c1ccccc1.Cc1c(C)c2c(C)c(C)c1C=Cc1c(C)c(C)c(c(C)c1C)/C=C\c1c(C)c(C)c(c(C)c1C)/C=C\c1c(C)c(C)c(c(C)c1C)/C=C\2. The minimum atomic E-state index is -3.23. The van der Waals surface area contributed by atoms with Crippen molar-refractivity contribution in [1.29, 1.82) is 0 Å². The van der Waals surface area contributed by atoms with Gasteiger partial charge >= 0.3 is 329 Å². The molecule has 0 aliphatic heterocycles. The molecule has 0 N–H and O–H groups in total. The fourth-order valence-corrected chi connectivity index (χ4v) is 33.8. The van der Waals surface area contributed by atoms with Crippen molar-refractivity contribution in [3.63, 3.8) is 0 Å². The van der Waals surface area contributed by atoms with Gasteiger partial charge in [-0.25, -0.2) is 0 Å². The molecule has 584 valence electrons. The Morgan fingerprint density at radius 3 is 0.430 bits per heavy atom. The Morgan fingerprint density at radius 1 is 0.193 bits per heavy atom. The van der Waals surface area contributed by atoms with E-state index in [2.05, 4.69) is 369 Å². The van der Waals surface area contributed by atoms with Crippen LogP contribution >= 0.6 is 41.6 Å². The monoisotopic (exact) mass is 1660 g/mol. The molecule has 12 aromatic carbocycles. The Kier molecular flexibility index (Phi) is 25.8. The molecule has 0 unspecified atom stereocenters. The summed E-state index contributed by atoms with van der Waals surface area (Å²) in [4.78, 5) is 21.7. The molecule has 6 heteroatoms. The predicted molar refractivity (Wildman–Crippen MR) is 514 cm³/mol. The van der Waals surface area contributed by atoms with Crippen LogP contribution in [0.2, 0.25) is 0 Å². The van der Waals surface area contributed by atoms with Gasteiger partial charge in [-0.3, -0.25) is 9.59 Å². The Hall–Kier alpha value is -9.24. The summed E-state index contributed by atoms with van der Waals surface area (Å²) >= 11 is 9.54. The van der Waals surface area contributed by atoms with Crippen molar-refractivity contribution in [1.82, 2.24) is 0 Å². The Labute approximate surface area is 699 Å². The molecule has 0 heterocycles. The van der Waals surface area contributed by atoms with Gasteiger partial charge in [-0.15, -0.1) is 0 Å². The number of hydrogen-bond donors (Lipinski definition) is 0. The largest absolute Gasteiger partial charge is 0.0538 e. The summed E-state index contributed by atoms with van der Waals surface area (Å²) in [5, 5.41) is 1.58. The molecule has 0 fully saturated rings. The van der Waals surface area contributed by atoms with E-state index in [-0.39, 0.29) is 0 Å². The molecular weight excluding hydrogens is 1550 g/mol. The van der Waals surface area contributed by atoms with Crippen LogP contribution in [-0.2, 0) is 12.3 Å². The van der Waals surface area contributed by atoms with Crippen LogP contribution in [0.25, 0.3) is 48.6 Å². The second-order valence-electron chi connectivity index (χ2n) is 32.4. The average molecular weight is 1670 g/mol. The first kappa shape index (κ1) is 85.6. The maximum Gasteiger partial charge on any atom is -0.0192 e. The molecule has 0 atom stereocenters. The quantitative estimate of drug-likeness (QED) is 0.0902. The van der Waals surface area contributed by atoms with E-state index in [0.717, 1.165) is 47.1 Å². The smallest absolute Gasteiger partial charge is 0.0192 e. The average Bonchev–Trinajstić information content (AvgIpc) is 0.697. The number of carbonyl (C=O) groups is 2. The minimum absolute atomic E-state index is 0.714.